The van der Waals surface area contributed by atoms with Gasteiger partial charge in [0.25, 0.3) is 0 Å². The summed E-state index contributed by atoms with van der Waals surface area (Å²) in [7, 11) is -3.60. The van der Waals surface area contributed by atoms with Crippen LogP contribution in [-0.2, 0) is 27.8 Å². The van der Waals surface area contributed by atoms with Crippen molar-refractivity contribution in [3.05, 3.63) is 64.7 Å². The molecule has 0 aromatic heterocycles. The maximum atomic E-state index is 12.6. The van der Waals surface area contributed by atoms with Crippen molar-refractivity contribution in [2.24, 2.45) is 0 Å². The van der Waals surface area contributed by atoms with E-state index in [2.05, 4.69) is 4.72 Å². The molecule has 2 N–H and O–H groups in total. The van der Waals surface area contributed by atoms with Crippen LogP contribution in [0.3, 0.4) is 0 Å². The highest BCUT2D eigenvalue weighted by Gasteiger charge is 2.18. The fourth-order valence-electron chi connectivity index (χ4n) is 2.62. The quantitative estimate of drug-likeness (QED) is 0.807. The summed E-state index contributed by atoms with van der Waals surface area (Å²) in [6, 6.07) is 12.7. The predicted octanol–water partition coefficient (Wildman–Crippen LogP) is 2.80. The van der Waals surface area contributed by atoms with Gasteiger partial charge in [-0.05, 0) is 42.5 Å². The van der Waals surface area contributed by atoms with Crippen LogP contribution in [0.15, 0.2) is 47.4 Å². The summed E-state index contributed by atoms with van der Waals surface area (Å²) in [5.74, 6) is -0.851. The van der Waals surface area contributed by atoms with Crippen LogP contribution in [-0.4, -0.2) is 19.5 Å². The molecule has 2 aromatic carbocycles. The Morgan fingerprint density at radius 3 is 2.25 bits per heavy atom. The second-order valence-electron chi connectivity index (χ2n) is 5.76. The second-order valence-corrected chi connectivity index (χ2v) is 7.46. The van der Waals surface area contributed by atoms with Crippen molar-refractivity contribution in [3.63, 3.8) is 0 Å². The molecule has 24 heavy (non-hydrogen) atoms. The molecule has 0 aliphatic carbocycles. The lowest BCUT2D eigenvalue weighted by Crippen LogP contribution is -2.24. The molecule has 5 nitrogen and oxygen atoms in total. The standard InChI is InChI=1S/C18H21NO4S/c1-13-5-3-6-14(2)18(13)24(22,23)19-12-16-8-4-7-15(11-16)9-10-17(20)21/h3-8,11,19H,9-10,12H2,1-2H3,(H,20,21). The zero-order chi connectivity index (χ0) is 17.7. The van der Waals surface area contributed by atoms with Gasteiger partial charge >= 0.3 is 5.97 Å². The molecule has 0 heterocycles. The van der Waals surface area contributed by atoms with E-state index < -0.39 is 16.0 Å². The van der Waals surface area contributed by atoms with Gasteiger partial charge in [0.15, 0.2) is 0 Å². The molecular weight excluding hydrogens is 326 g/mol. The maximum Gasteiger partial charge on any atom is 0.303 e. The van der Waals surface area contributed by atoms with E-state index in [9.17, 15) is 13.2 Å². The van der Waals surface area contributed by atoms with Crippen LogP contribution >= 0.6 is 0 Å². The molecule has 0 fully saturated rings. The van der Waals surface area contributed by atoms with Gasteiger partial charge in [0.1, 0.15) is 0 Å². The number of hydrogen-bond donors (Lipinski definition) is 2. The van der Waals surface area contributed by atoms with Gasteiger partial charge in [0, 0.05) is 13.0 Å². The summed E-state index contributed by atoms with van der Waals surface area (Å²) in [6.45, 7) is 3.71. The van der Waals surface area contributed by atoms with Crippen molar-refractivity contribution < 1.29 is 18.3 Å². The molecule has 0 radical (unpaired) electrons. The van der Waals surface area contributed by atoms with Crippen LogP contribution in [0.5, 0.6) is 0 Å². The number of aryl methyl sites for hydroxylation is 3. The third-order valence-corrected chi connectivity index (χ3v) is 5.47. The Bertz CT molecular complexity index is 824. The number of carboxylic acid groups (broad SMARTS) is 1. The maximum absolute atomic E-state index is 12.6. The minimum atomic E-state index is -3.60. The van der Waals surface area contributed by atoms with Crippen LogP contribution in [0.1, 0.15) is 28.7 Å². The molecule has 0 saturated heterocycles. The Morgan fingerprint density at radius 2 is 1.62 bits per heavy atom. The SMILES string of the molecule is Cc1cccc(C)c1S(=O)(=O)NCc1cccc(CCC(=O)O)c1. The Kier molecular flexibility index (Phi) is 5.75. The van der Waals surface area contributed by atoms with Gasteiger partial charge in [-0.25, -0.2) is 13.1 Å². The number of carbonyl (C=O) groups is 1. The van der Waals surface area contributed by atoms with Gasteiger partial charge in [0.05, 0.1) is 4.90 Å². The average molecular weight is 347 g/mol. The third-order valence-electron chi connectivity index (χ3n) is 3.76. The first kappa shape index (κ1) is 18.2. The van der Waals surface area contributed by atoms with Crippen molar-refractivity contribution in [2.45, 2.75) is 38.1 Å². The van der Waals surface area contributed by atoms with Crippen molar-refractivity contribution in [2.75, 3.05) is 0 Å². The van der Waals surface area contributed by atoms with Gasteiger partial charge < -0.3 is 5.11 Å². The third kappa shape index (κ3) is 4.66. The lowest BCUT2D eigenvalue weighted by molar-refractivity contribution is -0.136. The number of carboxylic acids is 1. The molecule has 6 heteroatoms. The number of aliphatic carboxylic acids is 1. The smallest absolute Gasteiger partial charge is 0.303 e. The molecule has 0 unspecified atom stereocenters. The summed E-state index contributed by atoms with van der Waals surface area (Å²) < 4.78 is 27.7. The lowest BCUT2D eigenvalue weighted by atomic mass is 10.1. The number of hydrogen-bond acceptors (Lipinski definition) is 3. The summed E-state index contributed by atoms with van der Waals surface area (Å²) in [5, 5.41) is 8.74. The van der Waals surface area contributed by atoms with Crippen molar-refractivity contribution in [1.29, 1.82) is 0 Å². The van der Waals surface area contributed by atoms with Crippen molar-refractivity contribution >= 4 is 16.0 Å². The highest BCUT2D eigenvalue weighted by Crippen LogP contribution is 2.19. The molecule has 128 valence electrons. The van der Waals surface area contributed by atoms with E-state index in [1.54, 1.807) is 32.0 Å². The highest BCUT2D eigenvalue weighted by molar-refractivity contribution is 7.89. The van der Waals surface area contributed by atoms with Gasteiger partial charge in [-0.2, -0.15) is 0 Å². The molecule has 0 atom stereocenters. The average Bonchev–Trinajstić information content (AvgIpc) is 2.51. The zero-order valence-corrected chi connectivity index (χ0v) is 14.6. The molecule has 2 rings (SSSR count). The normalized spacial score (nSPS) is 11.4. The van der Waals surface area contributed by atoms with E-state index in [4.69, 9.17) is 5.11 Å². The van der Waals surface area contributed by atoms with Gasteiger partial charge in [-0.1, -0.05) is 42.5 Å². The second kappa shape index (κ2) is 7.59. The molecule has 0 spiro atoms. The number of sulfonamides is 1. The van der Waals surface area contributed by atoms with E-state index >= 15 is 0 Å². The molecular formula is C18H21NO4S. The van der Waals surface area contributed by atoms with Crippen LogP contribution in [0.2, 0.25) is 0 Å². The van der Waals surface area contributed by atoms with Crippen LogP contribution in [0, 0.1) is 13.8 Å². The summed E-state index contributed by atoms with van der Waals surface area (Å²) >= 11 is 0. The Hall–Kier alpha value is -2.18. The van der Waals surface area contributed by atoms with E-state index in [1.165, 1.54) is 0 Å². The van der Waals surface area contributed by atoms with Crippen LogP contribution in [0.4, 0.5) is 0 Å². The first-order chi connectivity index (χ1) is 11.3. The van der Waals surface area contributed by atoms with Crippen molar-refractivity contribution in [3.8, 4) is 0 Å². The van der Waals surface area contributed by atoms with Crippen molar-refractivity contribution in [1.82, 2.24) is 4.72 Å². The fraction of sp³-hybridized carbons (Fsp3) is 0.278. The Balaban J connectivity index is 2.12. The highest BCUT2D eigenvalue weighted by atomic mass is 32.2. The van der Waals surface area contributed by atoms with Gasteiger partial charge in [-0.15, -0.1) is 0 Å². The number of rotatable bonds is 7. The monoisotopic (exact) mass is 347 g/mol. The van der Waals surface area contributed by atoms with Gasteiger partial charge in [-0.3, -0.25) is 4.79 Å². The first-order valence-electron chi connectivity index (χ1n) is 7.65. The number of nitrogens with one attached hydrogen (secondary N) is 1. The Morgan fingerprint density at radius 1 is 1.04 bits per heavy atom. The summed E-state index contributed by atoms with van der Waals surface area (Å²) in [6.07, 6.45) is 0.477. The molecule has 0 aliphatic rings. The molecule has 0 saturated carbocycles. The topological polar surface area (TPSA) is 83.5 Å². The first-order valence-corrected chi connectivity index (χ1v) is 9.13. The van der Waals surface area contributed by atoms with E-state index in [0.717, 1.165) is 11.1 Å². The lowest BCUT2D eigenvalue weighted by Gasteiger charge is -2.12. The van der Waals surface area contributed by atoms with Crippen LogP contribution < -0.4 is 4.72 Å². The Labute approximate surface area is 142 Å². The minimum absolute atomic E-state index is 0.0532. The summed E-state index contributed by atoms with van der Waals surface area (Å²) in [5.41, 5.74) is 3.09. The van der Waals surface area contributed by atoms with Gasteiger partial charge in [0.2, 0.25) is 10.0 Å². The summed E-state index contributed by atoms with van der Waals surface area (Å²) in [4.78, 5) is 11.0. The van der Waals surface area contributed by atoms with E-state index in [-0.39, 0.29) is 13.0 Å². The minimum Gasteiger partial charge on any atom is -0.481 e. The van der Waals surface area contributed by atoms with E-state index in [1.807, 2.05) is 24.3 Å². The molecule has 0 amide bonds. The zero-order valence-electron chi connectivity index (χ0n) is 13.7. The molecule has 0 bridgehead atoms. The molecule has 0 aliphatic heterocycles. The fourth-order valence-corrected chi connectivity index (χ4v) is 4.10. The number of benzene rings is 2. The van der Waals surface area contributed by atoms with E-state index in [0.29, 0.717) is 22.4 Å². The predicted molar refractivity (Wildman–Crippen MR) is 92.3 cm³/mol. The largest absolute Gasteiger partial charge is 0.481 e. The molecule has 2 aromatic rings. The van der Waals surface area contributed by atoms with Crippen LogP contribution in [0.25, 0.3) is 0 Å².